The molecule has 0 bridgehead atoms. The van der Waals surface area contributed by atoms with E-state index >= 15 is 0 Å². The monoisotopic (exact) mass is 254 g/mol. The topological polar surface area (TPSA) is 15.3 Å². The molecule has 0 aromatic rings. The van der Waals surface area contributed by atoms with Crippen LogP contribution in [-0.2, 0) is 0 Å². The van der Waals surface area contributed by atoms with E-state index in [1.54, 1.807) is 0 Å². The van der Waals surface area contributed by atoms with Gasteiger partial charge in [0.05, 0.1) is 0 Å². The van der Waals surface area contributed by atoms with Gasteiger partial charge in [-0.3, -0.25) is 0 Å². The van der Waals surface area contributed by atoms with E-state index in [9.17, 15) is 0 Å². The van der Waals surface area contributed by atoms with E-state index < -0.39 is 0 Å². The van der Waals surface area contributed by atoms with Gasteiger partial charge in [0.15, 0.2) is 0 Å². The van der Waals surface area contributed by atoms with Gasteiger partial charge < -0.3 is 10.2 Å². The van der Waals surface area contributed by atoms with Crippen LogP contribution in [0.5, 0.6) is 0 Å². The van der Waals surface area contributed by atoms with E-state index in [2.05, 4.69) is 31.1 Å². The maximum absolute atomic E-state index is 3.79. The van der Waals surface area contributed by atoms with Crippen LogP contribution in [0.3, 0.4) is 0 Å². The minimum absolute atomic E-state index is 0.735. The fourth-order valence-corrected chi connectivity index (χ4v) is 3.16. The van der Waals surface area contributed by atoms with Gasteiger partial charge in [-0.25, -0.2) is 0 Å². The SMILES string of the molecule is CCCCCN(C)C1CCCCCC1NCCC. The third-order valence-electron chi connectivity index (χ3n) is 4.32. The van der Waals surface area contributed by atoms with Crippen LogP contribution < -0.4 is 5.32 Å². The zero-order valence-corrected chi connectivity index (χ0v) is 12.9. The fourth-order valence-electron chi connectivity index (χ4n) is 3.16. The molecule has 0 aliphatic heterocycles. The van der Waals surface area contributed by atoms with Gasteiger partial charge in [0.25, 0.3) is 0 Å². The summed E-state index contributed by atoms with van der Waals surface area (Å²) in [7, 11) is 2.34. The number of rotatable bonds is 8. The Bertz CT molecular complexity index is 194. The highest BCUT2D eigenvalue weighted by atomic mass is 15.2. The maximum atomic E-state index is 3.79. The highest BCUT2D eigenvalue weighted by Gasteiger charge is 2.25. The molecule has 2 atom stereocenters. The van der Waals surface area contributed by atoms with E-state index in [0.717, 1.165) is 12.1 Å². The Hall–Kier alpha value is -0.0800. The molecule has 2 nitrogen and oxygen atoms in total. The summed E-state index contributed by atoms with van der Waals surface area (Å²) in [6.07, 6.45) is 12.4. The second-order valence-electron chi connectivity index (χ2n) is 5.95. The van der Waals surface area contributed by atoms with Crippen LogP contribution in [0.15, 0.2) is 0 Å². The van der Waals surface area contributed by atoms with Crippen molar-refractivity contribution in [1.29, 1.82) is 0 Å². The summed E-state index contributed by atoms with van der Waals surface area (Å²) in [5, 5.41) is 3.79. The van der Waals surface area contributed by atoms with Crippen molar-refractivity contribution >= 4 is 0 Å². The van der Waals surface area contributed by atoms with Gasteiger partial charge in [-0.1, -0.05) is 46.0 Å². The molecule has 1 rings (SSSR count). The summed E-state index contributed by atoms with van der Waals surface area (Å²) in [5.74, 6) is 0. The van der Waals surface area contributed by atoms with Crippen molar-refractivity contribution in [3.8, 4) is 0 Å². The maximum Gasteiger partial charge on any atom is 0.0246 e. The van der Waals surface area contributed by atoms with Crippen LogP contribution in [-0.4, -0.2) is 37.1 Å². The minimum atomic E-state index is 0.735. The molecular weight excluding hydrogens is 220 g/mol. The smallest absolute Gasteiger partial charge is 0.0246 e. The zero-order chi connectivity index (χ0) is 13.2. The predicted octanol–water partition coefficient (Wildman–Crippen LogP) is 3.81. The highest BCUT2D eigenvalue weighted by Crippen LogP contribution is 2.22. The standard InChI is InChI=1S/C16H34N2/c1-4-6-10-14-18(3)16-12-9-7-8-11-15(16)17-13-5-2/h15-17H,4-14H2,1-3H3. The number of unbranched alkanes of at least 4 members (excludes halogenated alkanes) is 2. The molecule has 1 saturated carbocycles. The fraction of sp³-hybridized carbons (Fsp3) is 1.00. The van der Waals surface area contributed by atoms with E-state index in [0.29, 0.717) is 0 Å². The first-order chi connectivity index (χ1) is 8.79. The second kappa shape index (κ2) is 9.80. The zero-order valence-electron chi connectivity index (χ0n) is 12.9. The van der Waals surface area contributed by atoms with Gasteiger partial charge in [-0.05, 0) is 45.8 Å². The number of likely N-dealkylation sites (N-methyl/N-ethyl adjacent to an activating group) is 1. The Kier molecular flexibility index (Phi) is 8.70. The molecule has 2 unspecified atom stereocenters. The number of nitrogens with zero attached hydrogens (tertiary/aromatic N) is 1. The molecule has 0 radical (unpaired) electrons. The van der Waals surface area contributed by atoms with Gasteiger partial charge >= 0.3 is 0 Å². The van der Waals surface area contributed by atoms with Crippen molar-refractivity contribution in [2.24, 2.45) is 0 Å². The van der Waals surface area contributed by atoms with E-state index in [1.165, 1.54) is 70.9 Å². The summed E-state index contributed by atoms with van der Waals surface area (Å²) in [6, 6.07) is 1.51. The highest BCUT2D eigenvalue weighted by molar-refractivity contribution is 4.85. The van der Waals surface area contributed by atoms with Crippen LogP contribution in [0.4, 0.5) is 0 Å². The van der Waals surface area contributed by atoms with Crippen LogP contribution in [0.1, 0.15) is 71.6 Å². The average Bonchev–Trinajstić information content (AvgIpc) is 2.61. The minimum Gasteiger partial charge on any atom is -0.312 e. The van der Waals surface area contributed by atoms with Crippen LogP contribution in [0.2, 0.25) is 0 Å². The number of hydrogen-bond acceptors (Lipinski definition) is 2. The van der Waals surface area contributed by atoms with Crippen molar-refractivity contribution in [3.63, 3.8) is 0 Å². The molecule has 0 heterocycles. The first kappa shape index (κ1) is 16.0. The molecule has 0 amide bonds. The molecule has 18 heavy (non-hydrogen) atoms. The van der Waals surface area contributed by atoms with Crippen molar-refractivity contribution in [1.82, 2.24) is 10.2 Å². The average molecular weight is 254 g/mol. The lowest BCUT2D eigenvalue weighted by Gasteiger charge is -2.34. The van der Waals surface area contributed by atoms with Crippen molar-refractivity contribution < 1.29 is 0 Å². The van der Waals surface area contributed by atoms with E-state index in [1.807, 2.05) is 0 Å². The van der Waals surface area contributed by atoms with Crippen molar-refractivity contribution in [2.45, 2.75) is 83.7 Å². The molecule has 1 fully saturated rings. The first-order valence-corrected chi connectivity index (χ1v) is 8.23. The summed E-state index contributed by atoms with van der Waals surface area (Å²) < 4.78 is 0. The molecule has 0 aromatic heterocycles. The molecule has 0 aromatic carbocycles. The molecule has 1 aliphatic rings. The Balaban J connectivity index is 2.43. The molecule has 0 saturated heterocycles. The Labute approximate surface area is 115 Å². The molecule has 0 spiro atoms. The molecule has 1 aliphatic carbocycles. The van der Waals surface area contributed by atoms with Gasteiger partial charge in [0.2, 0.25) is 0 Å². The Morgan fingerprint density at radius 2 is 1.78 bits per heavy atom. The summed E-state index contributed by atoms with van der Waals surface area (Å²) in [5.41, 5.74) is 0. The largest absolute Gasteiger partial charge is 0.312 e. The summed E-state index contributed by atoms with van der Waals surface area (Å²) >= 11 is 0. The van der Waals surface area contributed by atoms with Crippen molar-refractivity contribution in [3.05, 3.63) is 0 Å². The predicted molar refractivity (Wildman–Crippen MR) is 81.1 cm³/mol. The van der Waals surface area contributed by atoms with Crippen LogP contribution >= 0.6 is 0 Å². The van der Waals surface area contributed by atoms with E-state index in [-0.39, 0.29) is 0 Å². The second-order valence-corrected chi connectivity index (χ2v) is 5.95. The normalized spacial score (nSPS) is 25.3. The lowest BCUT2D eigenvalue weighted by molar-refractivity contribution is 0.179. The molecule has 1 N–H and O–H groups in total. The van der Waals surface area contributed by atoms with Gasteiger partial charge in [0, 0.05) is 12.1 Å². The number of hydrogen-bond donors (Lipinski definition) is 1. The first-order valence-electron chi connectivity index (χ1n) is 8.23. The summed E-state index contributed by atoms with van der Waals surface area (Å²) in [6.45, 7) is 7.02. The quantitative estimate of drug-likeness (QED) is 0.523. The Morgan fingerprint density at radius 1 is 1.00 bits per heavy atom. The van der Waals surface area contributed by atoms with Crippen LogP contribution in [0, 0.1) is 0 Å². The Morgan fingerprint density at radius 3 is 2.50 bits per heavy atom. The summed E-state index contributed by atoms with van der Waals surface area (Å²) in [4.78, 5) is 2.63. The number of nitrogens with one attached hydrogen (secondary N) is 1. The van der Waals surface area contributed by atoms with Gasteiger partial charge in [-0.15, -0.1) is 0 Å². The van der Waals surface area contributed by atoms with Gasteiger partial charge in [0.1, 0.15) is 0 Å². The third kappa shape index (κ3) is 5.71. The molecule has 2 heteroatoms. The lowest BCUT2D eigenvalue weighted by atomic mass is 10.0. The third-order valence-corrected chi connectivity index (χ3v) is 4.32. The van der Waals surface area contributed by atoms with Crippen LogP contribution in [0.25, 0.3) is 0 Å². The lowest BCUT2D eigenvalue weighted by Crippen LogP contribution is -2.48. The van der Waals surface area contributed by atoms with Crippen molar-refractivity contribution in [2.75, 3.05) is 20.1 Å². The van der Waals surface area contributed by atoms with Gasteiger partial charge in [-0.2, -0.15) is 0 Å². The molecular formula is C16H34N2. The van der Waals surface area contributed by atoms with E-state index in [4.69, 9.17) is 0 Å². The molecule has 108 valence electrons.